The zero-order chi connectivity index (χ0) is 15.2. The number of pyridine rings is 1. The number of carbonyl (C=O) groups excluding carboxylic acids is 1. The monoisotopic (exact) mass is 279 g/mol. The molecular formula is C15H25N3O2. The van der Waals surface area contributed by atoms with Gasteiger partial charge in [-0.2, -0.15) is 0 Å². The molecular weight excluding hydrogens is 254 g/mol. The lowest BCUT2D eigenvalue weighted by Crippen LogP contribution is -2.32. The van der Waals surface area contributed by atoms with Gasteiger partial charge in [0, 0.05) is 19.9 Å². The maximum absolute atomic E-state index is 11.8. The molecule has 20 heavy (non-hydrogen) atoms. The van der Waals surface area contributed by atoms with Gasteiger partial charge in [-0.1, -0.05) is 26.8 Å². The fourth-order valence-corrected chi connectivity index (χ4v) is 1.67. The molecule has 0 saturated heterocycles. The Morgan fingerprint density at radius 3 is 2.60 bits per heavy atom. The predicted octanol–water partition coefficient (Wildman–Crippen LogP) is 1.90. The second kappa shape index (κ2) is 7.36. The number of likely N-dealkylation sites (N-methyl/N-ethyl adjacent to an activating group) is 1. The van der Waals surface area contributed by atoms with E-state index in [0.29, 0.717) is 19.0 Å². The molecule has 0 aliphatic heterocycles. The minimum Gasteiger partial charge on any atom is -0.383 e. The summed E-state index contributed by atoms with van der Waals surface area (Å²) in [7, 11) is 3.53. The molecule has 5 nitrogen and oxygen atoms in total. The number of nitrogens with zero attached hydrogens (tertiary/aromatic N) is 2. The maximum atomic E-state index is 11.8. The summed E-state index contributed by atoms with van der Waals surface area (Å²) in [5.41, 5.74) is 1.21. The van der Waals surface area contributed by atoms with Crippen molar-refractivity contribution in [3.63, 3.8) is 0 Å². The van der Waals surface area contributed by atoms with E-state index in [0.717, 1.165) is 12.1 Å². The molecule has 1 aromatic rings. The van der Waals surface area contributed by atoms with Gasteiger partial charge in [0.05, 0.1) is 13.2 Å². The van der Waals surface area contributed by atoms with E-state index in [1.807, 2.05) is 30.3 Å². The third kappa shape index (κ3) is 5.67. The number of hydrogen-bond acceptors (Lipinski definition) is 4. The second-order valence-corrected chi connectivity index (χ2v) is 5.96. The summed E-state index contributed by atoms with van der Waals surface area (Å²) >= 11 is 0. The van der Waals surface area contributed by atoms with Gasteiger partial charge in [0.1, 0.15) is 5.82 Å². The molecule has 1 aromatic heterocycles. The molecule has 0 spiro atoms. The molecule has 0 fully saturated rings. The van der Waals surface area contributed by atoms with Crippen LogP contribution in [0.5, 0.6) is 0 Å². The summed E-state index contributed by atoms with van der Waals surface area (Å²) in [6.45, 7) is 8.06. The third-order valence-electron chi connectivity index (χ3n) is 2.99. The summed E-state index contributed by atoms with van der Waals surface area (Å²) in [5.74, 6) is 0.516. The fraction of sp³-hybridized carbons (Fsp3) is 0.600. The first-order valence-electron chi connectivity index (χ1n) is 6.77. The van der Waals surface area contributed by atoms with Crippen LogP contribution in [-0.2, 0) is 14.9 Å². The van der Waals surface area contributed by atoms with Crippen LogP contribution in [0.15, 0.2) is 18.3 Å². The second-order valence-electron chi connectivity index (χ2n) is 5.96. The highest BCUT2D eigenvalue weighted by Crippen LogP contribution is 2.21. The van der Waals surface area contributed by atoms with Gasteiger partial charge in [-0.25, -0.2) is 4.98 Å². The van der Waals surface area contributed by atoms with Crippen molar-refractivity contribution in [1.29, 1.82) is 0 Å². The summed E-state index contributed by atoms with van der Waals surface area (Å²) in [5, 5.41) is 2.80. The topological polar surface area (TPSA) is 54.5 Å². The van der Waals surface area contributed by atoms with E-state index < -0.39 is 0 Å². The average molecular weight is 279 g/mol. The summed E-state index contributed by atoms with van der Waals surface area (Å²) < 4.78 is 4.97. The van der Waals surface area contributed by atoms with Crippen LogP contribution in [0.1, 0.15) is 26.3 Å². The van der Waals surface area contributed by atoms with Gasteiger partial charge in [-0.15, -0.1) is 0 Å². The van der Waals surface area contributed by atoms with Crippen molar-refractivity contribution in [3.05, 3.63) is 23.9 Å². The van der Waals surface area contributed by atoms with Gasteiger partial charge >= 0.3 is 0 Å². The van der Waals surface area contributed by atoms with Gasteiger partial charge in [0.2, 0.25) is 5.91 Å². The number of methoxy groups -OCH3 is 1. The van der Waals surface area contributed by atoms with Crippen molar-refractivity contribution in [2.75, 3.05) is 39.2 Å². The number of amides is 1. The van der Waals surface area contributed by atoms with E-state index in [1.54, 1.807) is 7.11 Å². The van der Waals surface area contributed by atoms with Crippen molar-refractivity contribution < 1.29 is 9.53 Å². The van der Waals surface area contributed by atoms with Crippen LogP contribution in [0, 0.1) is 0 Å². The summed E-state index contributed by atoms with van der Waals surface area (Å²) in [6.07, 6.45) is 1.81. The molecule has 112 valence electrons. The molecule has 1 amide bonds. The van der Waals surface area contributed by atoms with E-state index in [2.05, 4.69) is 31.1 Å². The first-order chi connectivity index (χ1) is 9.32. The number of ether oxygens (including phenoxy) is 1. The Hall–Kier alpha value is -1.46. The molecule has 0 unspecified atom stereocenters. The number of aromatic nitrogens is 1. The van der Waals surface area contributed by atoms with Crippen LogP contribution in [0.3, 0.4) is 0 Å². The first kappa shape index (κ1) is 16.6. The lowest BCUT2D eigenvalue weighted by molar-refractivity contribution is -0.117. The Labute approximate surface area is 121 Å². The Balaban J connectivity index is 2.50. The Morgan fingerprint density at radius 2 is 2.10 bits per heavy atom. The first-order valence-corrected chi connectivity index (χ1v) is 6.77. The van der Waals surface area contributed by atoms with Gasteiger partial charge in [0.15, 0.2) is 0 Å². The standard InChI is InChI=1S/C15H25N3O2/c1-15(2,3)12-6-7-13(16-10-12)17-14(19)11-18(4)8-9-20-5/h6-7,10H,8-9,11H2,1-5H3,(H,16,17,19). The molecule has 0 aliphatic rings. The molecule has 0 aromatic carbocycles. The Bertz CT molecular complexity index is 424. The van der Waals surface area contributed by atoms with Crippen molar-refractivity contribution in [1.82, 2.24) is 9.88 Å². The van der Waals surface area contributed by atoms with Crippen molar-refractivity contribution >= 4 is 11.7 Å². The number of rotatable bonds is 6. The fourth-order valence-electron chi connectivity index (χ4n) is 1.67. The van der Waals surface area contributed by atoms with Gasteiger partial charge < -0.3 is 10.1 Å². The molecule has 0 aliphatic carbocycles. The van der Waals surface area contributed by atoms with Crippen LogP contribution < -0.4 is 5.32 Å². The highest BCUT2D eigenvalue weighted by molar-refractivity contribution is 5.91. The molecule has 5 heteroatoms. The van der Waals surface area contributed by atoms with Crippen molar-refractivity contribution in [2.24, 2.45) is 0 Å². The average Bonchev–Trinajstić information content (AvgIpc) is 2.35. The number of carbonyl (C=O) groups is 1. The normalized spacial score (nSPS) is 11.7. The predicted molar refractivity (Wildman–Crippen MR) is 80.9 cm³/mol. The molecule has 0 atom stereocenters. The molecule has 0 saturated carbocycles. The minimum absolute atomic E-state index is 0.0654. The van der Waals surface area contributed by atoms with E-state index in [9.17, 15) is 4.79 Å². The molecule has 0 bridgehead atoms. The molecule has 1 rings (SSSR count). The Morgan fingerprint density at radius 1 is 1.40 bits per heavy atom. The van der Waals surface area contributed by atoms with Crippen LogP contribution in [0.4, 0.5) is 5.82 Å². The van der Waals surface area contributed by atoms with Crippen LogP contribution in [0.25, 0.3) is 0 Å². The van der Waals surface area contributed by atoms with Crippen LogP contribution in [-0.4, -0.2) is 49.6 Å². The van der Waals surface area contributed by atoms with E-state index >= 15 is 0 Å². The highest BCUT2D eigenvalue weighted by Gasteiger charge is 2.14. The third-order valence-corrected chi connectivity index (χ3v) is 2.99. The SMILES string of the molecule is COCCN(C)CC(=O)Nc1ccc(C(C)(C)C)cn1. The summed E-state index contributed by atoms with van der Waals surface area (Å²) in [6, 6.07) is 3.84. The van der Waals surface area contributed by atoms with E-state index in [1.165, 1.54) is 0 Å². The largest absolute Gasteiger partial charge is 0.383 e. The molecule has 0 radical (unpaired) electrons. The van der Waals surface area contributed by atoms with Crippen molar-refractivity contribution in [3.8, 4) is 0 Å². The van der Waals surface area contributed by atoms with Gasteiger partial charge in [-0.3, -0.25) is 9.69 Å². The number of hydrogen-bond donors (Lipinski definition) is 1. The van der Waals surface area contributed by atoms with Gasteiger partial charge in [-0.05, 0) is 24.1 Å². The van der Waals surface area contributed by atoms with Crippen molar-refractivity contribution in [2.45, 2.75) is 26.2 Å². The van der Waals surface area contributed by atoms with Gasteiger partial charge in [0.25, 0.3) is 0 Å². The zero-order valence-corrected chi connectivity index (χ0v) is 13.1. The maximum Gasteiger partial charge on any atom is 0.239 e. The quantitative estimate of drug-likeness (QED) is 0.864. The lowest BCUT2D eigenvalue weighted by Gasteiger charge is -2.19. The van der Waals surface area contributed by atoms with Crippen LogP contribution >= 0.6 is 0 Å². The number of anilines is 1. The number of nitrogens with one attached hydrogen (secondary N) is 1. The van der Waals surface area contributed by atoms with Crippen LogP contribution in [0.2, 0.25) is 0 Å². The highest BCUT2D eigenvalue weighted by atomic mass is 16.5. The van der Waals surface area contributed by atoms with E-state index in [4.69, 9.17) is 4.74 Å². The summed E-state index contributed by atoms with van der Waals surface area (Å²) in [4.78, 5) is 18.0. The smallest absolute Gasteiger partial charge is 0.239 e. The minimum atomic E-state index is -0.0698. The molecule has 1 heterocycles. The van der Waals surface area contributed by atoms with E-state index in [-0.39, 0.29) is 11.3 Å². The lowest BCUT2D eigenvalue weighted by atomic mass is 9.88. The zero-order valence-electron chi connectivity index (χ0n) is 13.1. The Kier molecular flexibility index (Phi) is 6.10. The molecule has 1 N–H and O–H groups in total.